The van der Waals surface area contributed by atoms with E-state index in [0.717, 1.165) is 25.7 Å². The second-order valence-corrected chi connectivity index (χ2v) is 8.12. The summed E-state index contributed by atoms with van der Waals surface area (Å²) in [6.45, 7) is 2.11. The molecule has 0 unspecified atom stereocenters. The predicted octanol–water partition coefficient (Wildman–Crippen LogP) is 6.28. The van der Waals surface area contributed by atoms with Crippen molar-refractivity contribution in [2.75, 3.05) is 5.75 Å². The molecule has 0 amide bonds. The van der Waals surface area contributed by atoms with E-state index in [0.29, 0.717) is 6.42 Å². The van der Waals surface area contributed by atoms with Crippen molar-refractivity contribution in [2.45, 2.75) is 77.6 Å². The minimum atomic E-state index is -3.88. The van der Waals surface area contributed by atoms with Gasteiger partial charge in [-0.05, 0) is 21.7 Å². The van der Waals surface area contributed by atoms with Crippen LogP contribution in [0.25, 0.3) is 0 Å². The molecule has 1 saturated carbocycles. The molecular weight excluding hydrogens is 335 g/mol. The lowest BCUT2D eigenvalue weighted by Crippen LogP contribution is -2.05. The van der Waals surface area contributed by atoms with Crippen LogP contribution in [0.3, 0.4) is 0 Å². The van der Waals surface area contributed by atoms with E-state index in [1.165, 1.54) is 38.5 Å². The molecule has 136 valence electrons. The number of hydrogen-bond donors (Lipinski definition) is 0. The van der Waals surface area contributed by atoms with E-state index in [1.807, 2.05) is 22.9 Å². The third-order valence-electron chi connectivity index (χ3n) is 3.52. The summed E-state index contributed by atoms with van der Waals surface area (Å²) >= 11 is 1.71. The van der Waals surface area contributed by atoms with Crippen molar-refractivity contribution in [3.05, 3.63) is 22.9 Å². The summed E-state index contributed by atoms with van der Waals surface area (Å²) in [7, 11) is -3.88. The number of halogens is 1. The van der Waals surface area contributed by atoms with Gasteiger partial charge >= 0.3 is 0 Å². The summed E-state index contributed by atoms with van der Waals surface area (Å²) in [6, 6.07) is 4.04. The van der Waals surface area contributed by atoms with Gasteiger partial charge in [-0.15, -0.1) is 0 Å². The molecule has 0 aliphatic heterocycles. The van der Waals surface area contributed by atoms with E-state index in [1.54, 1.807) is 11.3 Å². The van der Waals surface area contributed by atoms with Crippen LogP contribution in [0.2, 0.25) is 0 Å². The van der Waals surface area contributed by atoms with Crippen molar-refractivity contribution in [3.63, 3.8) is 0 Å². The zero-order valence-corrected chi connectivity index (χ0v) is 15.8. The van der Waals surface area contributed by atoms with E-state index in [4.69, 9.17) is 0 Å². The van der Waals surface area contributed by atoms with Crippen molar-refractivity contribution in [3.8, 4) is 0 Å². The first kappa shape index (κ1) is 22.5. The topological polar surface area (TPSA) is 43.4 Å². The van der Waals surface area contributed by atoms with Crippen LogP contribution in [-0.4, -0.2) is 14.2 Å². The third kappa shape index (κ3) is 17.7. The van der Waals surface area contributed by atoms with Crippen LogP contribution in [-0.2, 0) is 14.5 Å². The first-order valence-electron chi connectivity index (χ1n) is 8.62. The quantitative estimate of drug-likeness (QED) is 0.509. The molecular formula is C17H31FO3S2. The summed E-state index contributed by atoms with van der Waals surface area (Å²) < 4.78 is 35.1. The molecule has 1 fully saturated rings. The number of thiophene rings is 1. The van der Waals surface area contributed by atoms with E-state index in [9.17, 15) is 12.9 Å². The second kappa shape index (κ2) is 16.4. The Morgan fingerprint density at radius 3 is 1.78 bits per heavy atom. The lowest BCUT2D eigenvalue weighted by atomic mass is 10.1. The Labute approximate surface area is 145 Å². The Bertz CT molecular complexity index is 390. The fourth-order valence-corrected chi connectivity index (χ4v) is 3.28. The van der Waals surface area contributed by atoms with Gasteiger partial charge in [0.2, 0.25) is 0 Å². The average molecular weight is 367 g/mol. The molecule has 1 heterocycles. The third-order valence-corrected chi connectivity index (χ3v) is 5.13. The van der Waals surface area contributed by atoms with Crippen molar-refractivity contribution < 1.29 is 17.3 Å². The Kier molecular flexibility index (Phi) is 16.1. The van der Waals surface area contributed by atoms with Gasteiger partial charge in [-0.25, -0.2) is 0 Å². The molecule has 0 spiro atoms. The summed E-state index contributed by atoms with van der Waals surface area (Å²) in [4.78, 5) is 0. The normalized spacial score (nSPS) is 13.7. The van der Waals surface area contributed by atoms with E-state index in [2.05, 4.69) is 11.3 Å². The molecule has 1 aromatic rings. The molecule has 23 heavy (non-hydrogen) atoms. The second-order valence-electron chi connectivity index (χ2n) is 5.65. The maximum Gasteiger partial charge on any atom is 0.297 e. The Morgan fingerprint density at radius 1 is 0.913 bits per heavy atom. The van der Waals surface area contributed by atoms with Gasteiger partial charge in [0, 0.05) is 0 Å². The van der Waals surface area contributed by atoms with Gasteiger partial charge in [0.25, 0.3) is 10.1 Å². The molecule has 0 radical (unpaired) electrons. The molecule has 0 bridgehead atoms. The number of hydrogen-bond acceptors (Lipinski definition) is 4. The first-order chi connectivity index (χ1) is 11.1. The van der Waals surface area contributed by atoms with Crippen LogP contribution < -0.4 is 0 Å². The lowest BCUT2D eigenvalue weighted by molar-refractivity contribution is 0.00288. The smallest absolute Gasteiger partial charge is 0.197 e. The molecule has 6 heteroatoms. The van der Waals surface area contributed by atoms with Gasteiger partial charge in [0.15, 0.2) is 0 Å². The average Bonchev–Trinajstić information content (AvgIpc) is 3.29. The monoisotopic (exact) mass is 366 g/mol. The highest BCUT2D eigenvalue weighted by Crippen LogP contribution is 2.15. The molecule has 3 nitrogen and oxygen atoms in total. The van der Waals surface area contributed by atoms with Gasteiger partial charge in [-0.1, -0.05) is 87.7 Å². The fraction of sp³-hybridized carbons (Fsp3) is 0.765. The van der Waals surface area contributed by atoms with Crippen molar-refractivity contribution in [1.82, 2.24) is 0 Å². The van der Waals surface area contributed by atoms with Crippen molar-refractivity contribution in [1.29, 1.82) is 0 Å². The van der Waals surface area contributed by atoms with Gasteiger partial charge in [0.1, 0.15) is 0 Å². The standard InChI is InChI=1S/C8H17FO3S.C5H10.C4H4S/c1-2-3-4-5-6-7-8-13(10,11)12-9;2*1-2-4-5-3-1/h2-8H2,1H3;1-5H2;1-4H. The molecule has 1 aromatic heterocycles. The molecule has 0 atom stereocenters. The summed E-state index contributed by atoms with van der Waals surface area (Å²) in [5.41, 5.74) is 0. The number of rotatable bonds is 8. The summed E-state index contributed by atoms with van der Waals surface area (Å²) in [5.74, 6) is -0.213. The molecule has 2 rings (SSSR count). The van der Waals surface area contributed by atoms with E-state index >= 15 is 0 Å². The van der Waals surface area contributed by atoms with Crippen LogP contribution in [0.15, 0.2) is 22.9 Å². The minimum Gasteiger partial charge on any atom is -0.197 e. The maximum atomic E-state index is 11.3. The maximum absolute atomic E-state index is 11.3. The van der Waals surface area contributed by atoms with E-state index in [-0.39, 0.29) is 5.75 Å². The summed E-state index contributed by atoms with van der Waals surface area (Å²) in [5, 5.41) is 4.08. The molecule has 0 saturated heterocycles. The van der Waals surface area contributed by atoms with Gasteiger partial charge < -0.3 is 0 Å². The molecule has 1 aliphatic carbocycles. The van der Waals surface area contributed by atoms with Crippen LogP contribution in [0.5, 0.6) is 0 Å². The zero-order chi connectivity index (χ0) is 17.2. The molecule has 0 N–H and O–H groups in total. The van der Waals surface area contributed by atoms with Crippen molar-refractivity contribution >= 4 is 21.5 Å². The molecule has 0 aromatic carbocycles. The first-order valence-corrected chi connectivity index (χ1v) is 11.1. The molecule has 1 aliphatic rings. The SMILES string of the molecule is C1CCCC1.CCCCCCCCS(=O)(=O)OF.c1ccsc1. The van der Waals surface area contributed by atoms with E-state index < -0.39 is 10.1 Å². The lowest BCUT2D eigenvalue weighted by Gasteiger charge is -1.99. The van der Waals surface area contributed by atoms with Crippen molar-refractivity contribution in [2.24, 2.45) is 0 Å². The Balaban J connectivity index is 0.000000386. The number of unbranched alkanes of at least 4 members (excludes halogenated alkanes) is 5. The highest BCUT2D eigenvalue weighted by molar-refractivity contribution is 7.86. The van der Waals surface area contributed by atoms with Crippen LogP contribution >= 0.6 is 11.3 Å². The van der Waals surface area contributed by atoms with Crippen LogP contribution in [0.1, 0.15) is 77.6 Å². The fourth-order valence-electron chi connectivity index (χ4n) is 2.20. The highest BCUT2D eigenvalue weighted by Gasteiger charge is 2.09. The zero-order valence-electron chi connectivity index (χ0n) is 14.2. The van der Waals surface area contributed by atoms with Gasteiger partial charge in [-0.3, -0.25) is 0 Å². The predicted molar refractivity (Wildman–Crippen MR) is 96.8 cm³/mol. The largest absolute Gasteiger partial charge is 0.297 e. The van der Waals surface area contributed by atoms with Crippen LogP contribution in [0.4, 0.5) is 4.53 Å². The Morgan fingerprint density at radius 2 is 1.39 bits per heavy atom. The highest BCUT2D eigenvalue weighted by atomic mass is 32.2. The summed E-state index contributed by atoms with van der Waals surface area (Å²) in [6.07, 6.45) is 13.3. The van der Waals surface area contributed by atoms with Gasteiger partial charge in [0.05, 0.1) is 5.75 Å². The Hall–Kier alpha value is -0.460. The van der Waals surface area contributed by atoms with Crippen LogP contribution in [0, 0.1) is 0 Å². The minimum absolute atomic E-state index is 0.213. The van der Waals surface area contributed by atoms with Gasteiger partial charge in [-0.2, -0.15) is 19.8 Å².